The molecule has 5 N–H and O–H groups in total. The molecule has 7 aromatic carbocycles. The van der Waals surface area contributed by atoms with Gasteiger partial charge >= 0.3 is 5.97 Å². The fraction of sp³-hybridized carbons (Fsp3) is 0.171. The molecule has 0 radical (unpaired) electrons. The van der Waals surface area contributed by atoms with Crippen molar-refractivity contribution in [2.45, 2.75) is 101 Å². The van der Waals surface area contributed by atoms with Crippen molar-refractivity contribution in [1.29, 1.82) is 0 Å². The first kappa shape index (κ1) is 112. The highest BCUT2D eigenvalue weighted by atomic mass is 16.5. The number of carbonyl (C=O) groups is 11. The zero-order valence-electron chi connectivity index (χ0n) is 80.8. The number of aromatic hydroxyl groups is 3. The maximum absolute atomic E-state index is 11.6. The predicted octanol–water partition coefficient (Wildman–Crippen LogP) is 18.1. The summed E-state index contributed by atoms with van der Waals surface area (Å²) >= 11 is 0. The number of carbonyl (C=O) groups excluding carboxylic acids is 11. The lowest BCUT2D eigenvalue weighted by Gasteiger charge is -2.12. The Bertz CT molecular complexity index is 6740. The Balaban J connectivity index is 0.000000207. The van der Waals surface area contributed by atoms with E-state index >= 15 is 0 Å². The molecule has 0 fully saturated rings. The van der Waals surface area contributed by atoms with Gasteiger partial charge in [-0.2, -0.15) is 0 Å². The average Bonchev–Trinajstić information content (AvgIpc) is 0.847. The standard InChI is InChI=1S/C17H17NO4.C16H17NO4.C16H15NO4.2C16H15NO3.C15H13NO5.C15H13NO4/c1-12(21-2)14-4-5-16(18-8-14)11-22-17-6-3-13(9-19)7-15(17)10-20;1-11(19)13-4-3-7-17-14(13)10-21-15-6-5-12(9-18)8-16(15)20-2;1-11(20-2)12-6-7-13(17-8-12)10-21-16-5-3-4-15(19)14(16)9-18;1-11-3-4-16(14(7-11)9-18)20-10-15-8-13(12(2)19)5-6-17-15;1-11-6-7-16(13(8-11)9-18)20-10-14-4-3-5-15(17-14)12(2)19;1-20-15(19)10-4-3-7-16-12(10)9-21-14-6-2-5-13(18)11(14)8-17;1-10(18)11-5-6-16-12(7-11)9-20-15-4-2-3-14(19)13(15)8-17/h3-8,10,19H,1,9,11H2,2H3;3-8,18H,9-10H2,1-2H3;3-9,19H,1,10H2,2H3;2*3-9H,10H2,1-2H3;2-8,18H,9H2,1H3;2-8,19H,9H2,1H3. The summed E-state index contributed by atoms with van der Waals surface area (Å²) in [6, 6.07) is 60.3. The van der Waals surface area contributed by atoms with Crippen molar-refractivity contribution >= 4 is 78.3 Å². The number of benzene rings is 7. The highest BCUT2D eigenvalue weighted by Crippen LogP contribution is 2.33. The van der Waals surface area contributed by atoms with E-state index in [1.807, 2.05) is 44.2 Å². The minimum atomic E-state index is -0.520. The van der Waals surface area contributed by atoms with E-state index in [0.717, 1.165) is 46.1 Å². The smallest absolute Gasteiger partial charge is 0.339 e. The SMILES string of the molecule is C=C(OC)c1ccc(COc2ccc(CO)cc2C=O)nc1.C=C(OC)c1ccc(COc2cccc(O)c2C=O)nc1.CC(=O)c1cccc(COc2ccc(C)cc2C=O)n1.CC(=O)c1ccnc(COc2ccc(C)cc2C=O)c1.CC(=O)c1ccnc(COc2cccc(O)c2C=O)c1.COC(=O)c1cccnc1COc1cccc(O)c1C=O.COc1cc(CO)ccc1OCc1ncccc1C(C)=O. The van der Waals surface area contributed by atoms with Crippen LogP contribution in [0.5, 0.6) is 63.2 Å². The molecule has 0 aliphatic carbocycles. The van der Waals surface area contributed by atoms with Crippen LogP contribution in [0.4, 0.5) is 0 Å². The van der Waals surface area contributed by atoms with E-state index in [4.69, 9.17) is 57.6 Å². The largest absolute Gasteiger partial charge is 0.507 e. The molecule has 7 aromatic heterocycles. The summed E-state index contributed by atoms with van der Waals surface area (Å²) in [6.45, 7) is 18.2. The first-order valence-electron chi connectivity index (χ1n) is 44.0. The quantitative estimate of drug-likeness (QED) is 0.0103. The molecule has 34 heteroatoms. The molecular formula is C111H105N7O27. The van der Waals surface area contributed by atoms with Gasteiger partial charge in [0.15, 0.2) is 72.3 Å². The highest BCUT2D eigenvalue weighted by molar-refractivity contribution is 5.96. The molecule has 34 nitrogen and oxygen atoms in total. The summed E-state index contributed by atoms with van der Waals surface area (Å²) in [5.74, 6) is 3.29. The van der Waals surface area contributed by atoms with Crippen molar-refractivity contribution in [2.75, 3.05) is 28.4 Å². The van der Waals surface area contributed by atoms with Gasteiger partial charge in [-0.3, -0.25) is 77.8 Å². The maximum Gasteiger partial charge on any atom is 0.339 e. The molecule has 0 spiro atoms. The van der Waals surface area contributed by atoms with Gasteiger partial charge in [0.1, 0.15) is 115 Å². The number of ether oxygens (including phenoxy) is 11. The molecule has 0 amide bonds. The number of hydrogen-bond donors (Lipinski definition) is 5. The molecule has 14 rings (SSSR count). The molecule has 0 atom stereocenters. The lowest BCUT2D eigenvalue weighted by molar-refractivity contribution is 0.0595. The van der Waals surface area contributed by atoms with Crippen molar-refractivity contribution in [3.05, 3.63) is 403 Å². The normalized spacial score (nSPS) is 10.1. The van der Waals surface area contributed by atoms with E-state index in [-0.39, 0.29) is 134 Å². The third-order valence-corrected chi connectivity index (χ3v) is 20.4. The molecule has 7 heterocycles. The van der Waals surface area contributed by atoms with Crippen molar-refractivity contribution < 1.29 is 130 Å². The molecular weight excluding hydrogens is 1860 g/mol. The number of aryl methyl sites for hydroxylation is 2. The number of rotatable bonds is 39. The number of esters is 1. The van der Waals surface area contributed by atoms with Gasteiger partial charge < -0.3 is 77.6 Å². The molecule has 746 valence electrons. The Hall–Kier alpha value is -18.4. The summed E-state index contributed by atoms with van der Waals surface area (Å²) in [7, 11) is 5.91. The molecule has 145 heavy (non-hydrogen) atoms. The van der Waals surface area contributed by atoms with Crippen LogP contribution < -0.4 is 37.9 Å². The third-order valence-electron chi connectivity index (χ3n) is 20.4. The van der Waals surface area contributed by atoms with Gasteiger partial charge in [0, 0.05) is 71.9 Å². The Labute approximate surface area is 835 Å². The number of phenolic OH excluding ortho intramolecular Hbond substituents is 3. The molecule has 0 saturated heterocycles. The van der Waals surface area contributed by atoms with Crippen molar-refractivity contribution in [1.82, 2.24) is 34.9 Å². The Kier molecular flexibility index (Phi) is 45.1. The number of aromatic nitrogens is 7. The van der Waals surface area contributed by atoms with Crippen LogP contribution >= 0.6 is 0 Å². The second-order valence-corrected chi connectivity index (χ2v) is 30.7. The van der Waals surface area contributed by atoms with Gasteiger partial charge in [0.2, 0.25) is 0 Å². The van der Waals surface area contributed by atoms with Crippen LogP contribution in [0.2, 0.25) is 0 Å². The zero-order chi connectivity index (χ0) is 105. The van der Waals surface area contributed by atoms with Crippen LogP contribution in [0.15, 0.2) is 269 Å². The van der Waals surface area contributed by atoms with Gasteiger partial charge in [-0.05, 0) is 216 Å². The molecule has 0 aliphatic rings. The Morgan fingerprint density at radius 1 is 0.317 bits per heavy atom. The van der Waals surface area contributed by atoms with Crippen molar-refractivity contribution in [3.8, 4) is 63.2 Å². The number of methoxy groups -OCH3 is 4. The van der Waals surface area contributed by atoms with Gasteiger partial charge in [0.05, 0.1) is 120 Å². The van der Waals surface area contributed by atoms with Gasteiger partial charge in [0.25, 0.3) is 0 Å². The number of ketones is 4. The van der Waals surface area contributed by atoms with Gasteiger partial charge in [-0.25, -0.2) is 9.78 Å². The van der Waals surface area contributed by atoms with Crippen molar-refractivity contribution in [2.24, 2.45) is 0 Å². The van der Waals surface area contributed by atoms with E-state index in [1.54, 1.807) is 209 Å². The summed E-state index contributed by atoms with van der Waals surface area (Å²) < 4.78 is 58.9. The Morgan fingerprint density at radius 2 is 0.703 bits per heavy atom. The van der Waals surface area contributed by atoms with E-state index in [2.05, 4.69) is 52.8 Å². The van der Waals surface area contributed by atoms with Gasteiger partial charge in [-0.15, -0.1) is 0 Å². The molecule has 0 saturated carbocycles. The average molecular weight is 1970 g/mol. The molecule has 0 unspecified atom stereocenters. The number of pyridine rings is 7. The molecule has 0 aliphatic heterocycles. The van der Waals surface area contributed by atoms with Crippen LogP contribution in [0.25, 0.3) is 11.5 Å². The van der Waals surface area contributed by atoms with Crippen LogP contribution in [-0.2, 0) is 73.7 Å². The summed E-state index contributed by atoms with van der Waals surface area (Å²) in [6.07, 6.45) is 13.4. The minimum absolute atomic E-state index is 0.0161. The minimum Gasteiger partial charge on any atom is -0.507 e. The number of aliphatic hydroxyl groups excluding tert-OH is 2. The van der Waals surface area contributed by atoms with Crippen LogP contribution in [0.1, 0.15) is 215 Å². The summed E-state index contributed by atoms with van der Waals surface area (Å²) in [5, 5.41) is 46.8. The fourth-order valence-electron chi connectivity index (χ4n) is 12.6. The van der Waals surface area contributed by atoms with E-state index < -0.39 is 5.97 Å². The lowest BCUT2D eigenvalue weighted by atomic mass is 10.1. The van der Waals surface area contributed by atoms with E-state index in [0.29, 0.717) is 150 Å². The van der Waals surface area contributed by atoms with Crippen LogP contribution in [0.3, 0.4) is 0 Å². The lowest BCUT2D eigenvalue weighted by Crippen LogP contribution is -2.10. The highest BCUT2D eigenvalue weighted by Gasteiger charge is 2.19. The first-order valence-corrected chi connectivity index (χ1v) is 44.0. The monoisotopic (exact) mass is 1970 g/mol. The van der Waals surface area contributed by atoms with E-state index in [1.165, 1.54) is 72.5 Å². The van der Waals surface area contributed by atoms with E-state index in [9.17, 15) is 68.1 Å². The first-order chi connectivity index (χ1) is 70.0. The summed E-state index contributed by atoms with van der Waals surface area (Å²) in [5.41, 5.74) is 13.3. The number of hydrogen-bond acceptors (Lipinski definition) is 34. The predicted molar refractivity (Wildman–Crippen MR) is 534 cm³/mol. The maximum atomic E-state index is 11.6. The molecule has 0 bridgehead atoms. The molecule has 14 aromatic rings. The van der Waals surface area contributed by atoms with Crippen LogP contribution in [-0.4, -0.2) is 156 Å². The second kappa shape index (κ2) is 58.5. The second-order valence-electron chi connectivity index (χ2n) is 30.7. The topological polar surface area (TPSA) is 481 Å². The number of Topliss-reactive ketones (excluding diaryl/α,β-unsaturated/α-hetero) is 4. The number of nitrogens with zero attached hydrogens (tertiary/aromatic N) is 7. The van der Waals surface area contributed by atoms with Gasteiger partial charge in [-0.1, -0.05) is 72.8 Å². The fourth-order valence-corrected chi connectivity index (χ4v) is 12.6. The third kappa shape index (κ3) is 34.8. The number of phenols is 3. The number of aliphatic hydroxyl groups is 2. The van der Waals surface area contributed by atoms with Crippen molar-refractivity contribution in [3.63, 3.8) is 0 Å². The Morgan fingerprint density at radius 3 is 1.10 bits per heavy atom. The van der Waals surface area contributed by atoms with Crippen LogP contribution in [0, 0.1) is 13.8 Å². The zero-order valence-corrected chi connectivity index (χ0v) is 80.8. The number of aldehydes is 6. The summed E-state index contributed by atoms with van der Waals surface area (Å²) in [4.78, 5) is 152.